The number of likely N-dealkylation sites (tertiary alicyclic amines) is 1. The van der Waals surface area contributed by atoms with Gasteiger partial charge in [0.2, 0.25) is 11.8 Å². The molecule has 1 fully saturated rings. The van der Waals surface area contributed by atoms with Gasteiger partial charge in [-0.25, -0.2) is 0 Å². The van der Waals surface area contributed by atoms with Gasteiger partial charge in [0.05, 0.1) is 37.2 Å². The fraction of sp³-hybridized carbons (Fsp3) is 0.905. The Morgan fingerprint density at radius 2 is 1.93 bits per heavy atom. The molecule has 1 saturated heterocycles. The second-order valence-electron chi connectivity index (χ2n) is 7.98. The van der Waals surface area contributed by atoms with Crippen molar-refractivity contribution >= 4 is 11.8 Å². The van der Waals surface area contributed by atoms with Gasteiger partial charge in [0.1, 0.15) is 0 Å². The molecule has 8 nitrogen and oxygen atoms in total. The zero-order valence-corrected chi connectivity index (χ0v) is 18.9. The van der Waals surface area contributed by atoms with Crippen molar-refractivity contribution in [1.29, 1.82) is 0 Å². The minimum atomic E-state index is -0.423. The van der Waals surface area contributed by atoms with Crippen LogP contribution in [0.4, 0.5) is 0 Å². The summed E-state index contributed by atoms with van der Waals surface area (Å²) in [6.45, 7) is 6.86. The number of amides is 2. The highest BCUT2D eigenvalue weighted by atomic mass is 16.5. The molecule has 1 aliphatic heterocycles. The molecule has 6 unspecified atom stereocenters. The molecule has 0 aromatic carbocycles. The molecule has 1 heterocycles. The Morgan fingerprint density at radius 1 is 1.24 bits per heavy atom. The van der Waals surface area contributed by atoms with Crippen molar-refractivity contribution in [2.75, 3.05) is 41.0 Å². The molecule has 0 aliphatic carbocycles. The number of ether oxygens (including phenoxy) is 2. The molecular weight excluding hydrogens is 374 g/mol. The molecular formula is C21H41N3O5. The average molecular weight is 416 g/mol. The molecule has 0 spiro atoms. The first kappa shape index (κ1) is 25.8. The van der Waals surface area contributed by atoms with E-state index in [-0.39, 0.29) is 43.2 Å². The van der Waals surface area contributed by atoms with Crippen LogP contribution in [-0.4, -0.2) is 87.1 Å². The van der Waals surface area contributed by atoms with E-state index in [1.807, 2.05) is 11.9 Å². The van der Waals surface area contributed by atoms with E-state index < -0.39 is 12.0 Å². The topological polar surface area (TPSA) is 100 Å². The normalized spacial score (nSPS) is 22.0. The zero-order valence-electron chi connectivity index (χ0n) is 18.9. The molecule has 8 heteroatoms. The summed E-state index contributed by atoms with van der Waals surface area (Å²) < 4.78 is 11.4. The zero-order chi connectivity index (χ0) is 22.0. The monoisotopic (exact) mass is 415 g/mol. The first-order valence-electron chi connectivity index (χ1n) is 10.8. The summed E-state index contributed by atoms with van der Waals surface area (Å²) in [6, 6.07) is -0.0482. The van der Waals surface area contributed by atoms with Gasteiger partial charge in [0.15, 0.2) is 0 Å². The Hall–Kier alpha value is -1.22. The number of hydrogen-bond acceptors (Lipinski definition) is 6. The molecule has 1 aliphatic rings. The van der Waals surface area contributed by atoms with Crippen LogP contribution >= 0.6 is 0 Å². The predicted molar refractivity (Wildman–Crippen MR) is 113 cm³/mol. The fourth-order valence-corrected chi connectivity index (χ4v) is 4.36. The molecule has 0 saturated carbocycles. The quantitative estimate of drug-likeness (QED) is 0.411. The molecule has 29 heavy (non-hydrogen) atoms. The number of carbonyl (C=O) groups excluding carboxylic acids is 2. The Kier molecular flexibility index (Phi) is 11.7. The molecule has 2 amide bonds. The minimum absolute atomic E-state index is 0.0351. The number of likely N-dealkylation sites (N-methyl/N-ethyl adjacent to an activating group) is 1. The van der Waals surface area contributed by atoms with Crippen LogP contribution in [0.3, 0.4) is 0 Å². The number of hydrogen-bond donors (Lipinski definition) is 3. The van der Waals surface area contributed by atoms with Crippen molar-refractivity contribution in [2.24, 2.45) is 11.8 Å². The summed E-state index contributed by atoms with van der Waals surface area (Å²) in [7, 11) is 5.14. The van der Waals surface area contributed by atoms with E-state index in [0.29, 0.717) is 18.9 Å². The summed E-state index contributed by atoms with van der Waals surface area (Å²) in [4.78, 5) is 27.4. The third-order valence-corrected chi connectivity index (χ3v) is 6.26. The molecule has 3 N–H and O–H groups in total. The largest absolute Gasteiger partial charge is 0.395 e. The van der Waals surface area contributed by atoms with Crippen LogP contribution in [0.1, 0.15) is 46.5 Å². The second kappa shape index (κ2) is 13.2. The van der Waals surface area contributed by atoms with Crippen molar-refractivity contribution in [2.45, 2.75) is 70.7 Å². The van der Waals surface area contributed by atoms with Gasteiger partial charge in [0, 0.05) is 33.4 Å². The lowest BCUT2D eigenvalue weighted by atomic mass is 9.91. The average Bonchev–Trinajstić information content (AvgIpc) is 3.21. The van der Waals surface area contributed by atoms with Gasteiger partial charge in [-0.05, 0) is 25.8 Å². The van der Waals surface area contributed by atoms with Gasteiger partial charge in [-0.15, -0.1) is 0 Å². The van der Waals surface area contributed by atoms with Crippen molar-refractivity contribution in [3.8, 4) is 0 Å². The molecule has 170 valence electrons. The number of aliphatic hydroxyl groups excluding tert-OH is 1. The summed E-state index contributed by atoms with van der Waals surface area (Å²) in [5, 5.41) is 14.9. The van der Waals surface area contributed by atoms with Crippen LogP contribution < -0.4 is 10.6 Å². The number of methoxy groups -OCH3 is 2. The van der Waals surface area contributed by atoms with Crippen LogP contribution in [0.15, 0.2) is 0 Å². The van der Waals surface area contributed by atoms with Crippen molar-refractivity contribution in [3.63, 3.8) is 0 Å². The van der Waals surface area contributed by atoms with Crippen LogP contribution in [-0.2, 0) is 19.1 Å². The lowest BCUT2D eigenvalue weighted by Crippen LogP contribution is -2.51. The van der Waals surface area contributed by atoms with Crippen LogP contribution in [0, 0.1) is 11.8 Å². The highest BCUT2D eigenvalue weighted by molar-refractivity contribution is 5.80. The fourth-order valence-electron chi connectivity index (χ4n) is 4.36. The summed E-state index contributed by atoms with van der Waals surface area (Å²) in [5.41, 5.74) is 0. The lowest BCUT2D eigenvalue weighted by Gasteiger charge is -2.36. The lowest BCUT2D eigenvalue weighted by molar-refractivity contribution is -0.142. The maximum atomic E-state index is 13.2. The molecule has 0 bridgehead atoms. The standard InChI is InChI=1S/C21H41N3O5/c1-7-14(2)19(22-4)17(28-5)13-18(26)24-11-8-9-16(24)20(29-6)15(3)21(27)23-10-12-25/h14-17,19-20,22,25H,7-13H2,1-6H3,(H,23,27). The Morgan fingerprint density at radius 3 is 2.45 bits per heavy atom. The van der Waals surface area contributed by atoms with Crippen molar-refractivity contribution < 1.29 is 24.2 Å². The minimum Gasteiger partial charge on any atom is -0.395 e. The summed E-state index contributed by atoms with van der Waals surface area (Å²) in [5.74, 6) is -0.178. The molecule has 0 aromatic rings. The molecule has 1 rings (SSSR count). The number of nitrogens with zero attached hydrogens (tertiary/aromatic N) is 1. The van der Waals surface area contributed by atoms with Gasteiger partial charge in [-0.2, -0.15) is 0 Å². The molecule has 0 radical (unpaired) electrons. The van der Waals surface area contributed by atoms with Gasteiger partial charge < -0.3 is 30.1 Å². The van der Waals surface area contributed by atoms with Gasteiger partial charge >= 0.3 is 0 Å². The van der Waals surface area contributed by atoms with Crippen LogP contribution in [0.25, 0.3) is 0 Å². The van der Waals surface area contributed by atoms with Crippen LogP contribution in [0.2, 0.25) is 0 Å². The Labute approximate surface area is 175 Å². The summed E-state index contributed by atoms with van der Waals surface area (Å²) >= 11 is 0. The first-order chi connectivity index (χ1) is 13.9. The van der Waals surface area contributed by atoms with Crippen LogP contribution in [0.5, 0.6) is 0 Å². The SMILES string of the molecule is CCC(C)C(NC)C(CC(=O)N1CCCC1C(OC)C(C)C(=O)NCCO)OC. The Balaban J connectivity index is 2.87. The van der Waals surface area contributed by atoms with Gasteiger partial charge in [-0.1, -0.05) is 27.2 Å². The highest BCUT2D eigenvalue weighted by Crippen LogP contribution is 2.28. The van der Waals surface area contributed by atoms with E-state index in [1.54, 1.807) is 21.1 Å². The van der Waals surface area contributed by atoms with E-state index in [4.69, 9.17) is 14.6 Å². The van der Waals surface area contributed by atoms with E-state index in [1.165, 1.54) is 0 Å². The maximum absolute atomic E-state index is 13.2. The van der Waals surface area contributed by atoms with Crippen molar-refractivity contribution in [1.82, 2.24) is 15.5 Å². The van der Waals surface area contributed by atoms with E-state index in [9.17, 15) is 9.59 Å². The summed E-state index contributed by atoms with van der Waals surface area (Å²) in [6.07, 6.45) is 2.38. The maximum Gasteiger partial charge on any atom is 0.225 e. The Bertz CT molecular complexity index is 505. The van der Waals surface area contributed by atoms with E-state index in [2.05, 4.69) is 24.5 Å². The number of nitrogens with one attached hydrogen (secondary N) is 2. The first-order valence-corrected chi connectivity index (χ1v) is 10.8. The molecule has 6 atom stereocenters. The second-order valence-corrected chi connectivity index (χ2v) is 7.98. The highest BCUT2D eigenvalue weighted by Gasteiger charge is 2.40. The third-order valence-electron chi connectivity index (χ3n) is 6.26. The van der Waals surface area contributed by atoms with Gasteiger partial charge in [-0.3, -0.25) is 9.59 Å². The number of aliphatic hydroxyl groups is 1. The van der Waals surface area contributed by atoms with Crippen molar-refractivity contribution in [3.05, 3.63) is 0 Å². The van der Waals surface area contributed by atoms with Gasteiger partial charge in [0.25, 0.3) is 0 Å². The predicted octanol–water partition coefficient (Wildman–Crippen LogP) is 0.776. The third kappa shape index (κ3) is 6.91. The van der Waals surface area contributed by atoms with E-state index >= 15 is 0 Å². The number of rotatable bonds is 13. The molecule has 0 aromatic heterocycles. The van der Waals surface area contributed by atoms with E-state index in [0.717, 1.165) is 19.3 Å². The number of carbonyl (C=O) groups is 2. The smallest absolute Gasteiger partial charge is 0.225 e.